The van der Waals surface area contributed by atoms with Gasteiger partial charge >= 0.3 is 0 Å². The van der Waals surface area contributed by atoms with Gasteiger partial charge in [-0.3, -0.25) is 4.79 Å². The van der Waals surface area contributed by atoms with Crippen molar-refractivity contribution in [3.05, 3.63) is 36.3 Å². The largest absolute Gasteiger partial charge is 0.354 e. The quantitative estimate of drug-likeness (QED) is 0.781. The van der Waals surface area contributed by atoms with E-state index < -0.39 is 0 Å². The molecule has 76 valence electrons. The molecule has 0 bridgehead atoms. The Balaban J connectivity index is 2.55. The van der Waals surface area contributed by atoms with E-state index in [-0.39, 0.29) is 5.91 Å². The van der Waals surface area contributed by atoms with Crippen LogP contribution >= 0.6 is 0 Å². The molecule has 0 radical (unpaired) electrons. The maximum atomic E-state index is 11.3. The second-order valence-corrected chi connectivity index (χ2v) is 2.97. The van der Waals surface area contributed by atoms with Gasteiger partial charge in [-0.25, -0.2) is 9.50 Å². The van der Waals surface area contributed by atoms with Gasteiger partial charge in [0.05, 0.1) is 11.9 Å². The van der Waals surface area contributed by atoms with E-state index in [9.17, 15) is 4.79 Å². The van der Waals surface area contributed by atoms with Gasteiger partial charge in [0.15, 0.2) is 5.65 Å². The van der Waals surface area contributed by atoms with Crippen molar-refractivity contribution in [1.29, 1.82) is 0 Å². The van der Waals surface area contributed by atoms with Gasteiger partial charge in [-0.05, 0) is 18.2 Å². The van der Waals surface area contributed by atoms with Gasteiger partial charge in [-0.2, -0.15) is 5.10 Å². The van der Waals surface area contributed by atoms with Crippen LogP contribution in [0.3, 0.4) is 0 Å². The van der Waals surface area contributed by atoms with Crippen LogP contribution in [0.1, 0.15) is 16.2 Å². The number of carbonyl (C=O) groups is 1. The molecule has 2 aromatic heterocycles. The average Bonchev–Trinajstić information content (AvgIpc) is 2.70. The predicted molar refractivity (Wildman–Crippen MR) is 56.5 cm³/mol. The highest BCUT2D eigenvalue weighted by Crippen LogP contribution is 2.05. The monoisotopic (exact) mass is 202 g/mol. The molecule has 0 aromatic carbocycles. The molecule has 0 aliphatic rings. The normalized spacial score (nSPS) is 10.2. The molecule has 1 amide bonds. The van der Waals surface area contributed by atoms with Crippen LogP contribution < -0.4 is 5.32 Å². The lowest BCUT2D eigenvalue weighted by Gasteiger charge is -1.92. The first-order valence-electron chi connectivity index (χ1n) is 4.45. The Labute approximate surface area is 86.4 Å². The molecule has 0 fully saturated rings. The molecule has 5 heteroatoms. The topological polar surface area (TPSA) is 59.3 Å². The first-order valence-corrected chi connectivity index (χ1v) is 4.45. The van der Waals surface area contributed by atoms with Crippen molar-refractivity contribution in [3.8, 4) is 0 Å². The molecule has 0 unspecified atom stereocenters. The SMILES string of the molecule is C=Cc1ccc2nc(C(=O)NC)cn2n1. The summed E-state index contributed by atoms with van der Waals surface area (Å²) in [7, 11) is 1.56. The van der Waals surface area contributed by atoms with Crippen LogP contribution in [0.25, 0.3) is 11.7 Å². The smallest absolute Gasteiger partial charge is 0.271 e. The van der Waals surface area contributed by atoms with E-state index in [2.05, 4.69) is 22.0 Å². The predicted octanol–water partition coefficient (Wildman–Crippen LogP) is 0.732. The molecule has 0 saturated heterocycles. The van der Waals surface area contributed by atoms with Gasteiger partial charge in [-0.1, -0.05) is 6.58 Å². The van der Waals surface area contributed by atoms with Gasteiger partial charge in [0.2, 0.25) is 0 Å². The minimum Gasteiger partial charge on any atom is -0.354 e. The van der Waals surface area contributed by atoms with Gasteiger partial charge in [-0.15, -0.1) is 0 Å². The fraction of sp³-hybridized carbons (Fsp3) is 0.100. The number of amides is 1. The summed E-state index contributed by atoms with van der Waals surface area (Å²) in [4.78, 5) is 15.4. The first kappa shape index (κ1) is 9.39. The number of hydrogen-bond donors (Lipinski definition) is 1. The molecule has 0 aliphatic heterocycles. The van der Waals surface area contributed by atoms with E-state index in [1.165, 1.54) is 0 Å². The van der Waals surface area contributed by atoms with Gasteiger partial charge in [0, 0.05) is 7.05 Å². The summed E-state index contributed by atoms with van der Waals surface area (Å²) in [6.45, 7) is 3.62. The average molecular weight is 202 g/mol. The molecule has 0 spiro atoms. The highest BCUT2D eigenvalue weighted by Gasteiger charge is 2.08. The van der Waals surface area contributed by atoms with Crippen LogP contribution in [-0.4, -0.2) is 27.6 Å². The molecule has 2 heterocycles. The van der Waals surface area contributed by atoms with Crippen LogP contribution in [0.2, 0.25) is 0 Å². The molecular weight excluding hydrogens is 192 g/mol. The van der Waals surface area contributed by atoms with E-state index >= 15 is 0 Å². The Morgan fingerprint density at radius 1 is 1.60 bits per heavy atom. The summed E-state index contributed by atoms with van der Waals surface area (Å²) in [6, 6.07) is 3.58. The number of rotatable bonds is 2. The van der Waals surface area contributed by atoms with Crippen molar-refractivity contribution in [2.75, 3.05) is 7.05 Å². The second-order valence-electron chi connectivity index (χ2n) is 2.97. The van der Waals surface area contributed by atoms with Gasteiger partial charge in [0.25, 0.3) is 5.91 Å². The zero-order valence-corrected chi connectivity index (χ0v) is 8.27. The Morgan fingerprint density at radius 2 is 2.40 bits per heavy atom. The Kier molecular flexibility index (Phi) is 2.21. The molecule has 2 aromatic rings. The van der Waals surface area contributed by atoms with Crippen molar-refractivity contribution in [2.24, 2.45) is 0 Å². The molecule has 15 heavy (non-hydrogen) atoms. The summed E-state index contributed by atoms with van der Waals surface area (Å²) in [5, 5.41) is 6.70. The lowest BCUT2D eigenvalue weighted by molar-refractivity contribution is 0.0958. The van der Waals surface area contributed by atoms with Crippen LogP contribution in [-0.2, 0) is 0 Å². The Morgan fingerprint density at radius 3 is 3.07 bits per heavy atom. The highest BCUT2D eigenvalue weighted by atomic mass is 16.1. The van der Waals surface area contributed by atoms with Crippen LogP contribution in [0.15, 0.2) is 24.9 Å². The Bertz CT molecular complexity index is 529. The third kappa shape index (κ3) is 1.59. The van der Waals surface area contributed by atoms with E-state index in [1.807, 2.05) is 0 Å². The summed E-state index contributed by atoms with van der Waals surface area (Å²) in [5.74, 6) is -0.222. The van der Waals surface area contributed by atoms with Crippen molar-refractivity contribution in [1.82, 2.24) is 19.9 Å². The number of fused-ring (bicyclic) bond motifs is 1. The molecule has 2 rings (SSSR count). The third-order valence-corrected chi connectivity index (χ3v) is 2.01. The fourth-order valence-corrected chi connectivity index (χ4v) is 1.24. The summed E-state index contributed by atoms with van der Waals surface area (Å²) >= 11 is 0. The zero-order valence-electron chi connectivity index (χ0n) is 8.27. The summed E-state index contributed by atoms with van der Waals surface area (Å²) in [5.41, 5.74) is 1.73. The van der Waals surface area contributed by atoms with E-state index in [0.717, 1.165) is 5.69 Å². The van der Waals surface area contributed by atoms with E-state index in [4.69, 9.17) is 0 Å². The summed E-state index contributed by atoms with van der Waals surface area (Å²) in [6.07, 6.45) is 3.22. The minimum absolute atomic E-state index is 0.222. The first-order chi connectivity index (χ1) is 7.24. The molecule has 1 N–H and O–H groups in total. The second kappa shape index (κ2) is 3.53. The van der Waals surface area contributed by atoms with Crippen LogP contribution in [0.5, 0.6) is 0 Å². The van der Waals surface area contributed by atoms with Crippen molar-refractivity contribution < 1.29 is 4.79 Å². The lowest BCUT2D eigenvalue weighted by Crippen LogP contribution is -2.17. The van der Waals surface area contributed by atoms with Crippen molar-refractivity contribution in [3.63, 3.8) is 0 Å². The van der Waals surface area contributed by atoms with Crippen molar-refractivity contribution >= 4 is 17.6 Å². The minimum atomic E-state index is -0.222. The molecule has 5 nitrogen and oxygen atoms in total. The number of nitrogens with zero attached hydrogens (tertiary/aromatic N) is 3. The third-order valence-electron chi connectivity index (χ3n) is 2.01. The van der Waals surface area contributed by atoms with Gasteiger partial charge in [0.1, 0.15) is 5.69 Å². The number of nitrogens with one attached hydrogen (secondary N) is 1. The molecule has 0 aliphatic carbocycles. The van der Waals surface area contributed by atoms with Crippen LogP contribution in [0.4, 0.5) is 0 Å². The molecule has 0 atom stereocenters. The Hall–Kier alpha value is -2.17. The van der Waals surface area contributed by atoms with Gasteiger partial charge < -0.3 is 5.32 Å². The maximum absolute atomic E-state index is 11.3. The molecule has 0 saturated carbocycles. The number of hydrogen-bond acceptors (Lipinski definition) is 3. The number of aromatic nitrogens is 3. The molecular formula is C10H10N4O. The van der Waals surface area contributed by atoms with E-state index in [0.29, 0.717) is 11.3 Å². The number of carbonyl (C=O) groups excluding carboxylic acids is 1. The zero-order chi connectivity index (χ0) is 10.8. The maximum Gasteiger partial charge on any atom is 0.271 e. The number of imidazole rings is 1. The highest BCUT2D eigenvalue weighted by molar-refractivity contribution is 5.92. The summed E-state index contributed by atoms with van der Waals surface area (Å²) < 4.78 is 1.56. The fourth-order valence-electron chi connectivity index (χ4n) is 1.24. The standard InChI is InChI=1S/C10H10N4O/c1-3-7-4-5-9-12-8(10(15)11-2)6-14(9)13-7/h3-6H,1H2,2H3,(H,11,15). The van der Waals surface area contributed by atoms with E-state index in [1.54, 1.807) is 36.0 Å². The lowest BCUT2D eigenvalue weighted by atomic mass is 10.4. The van der Waals surface area contributed by atoms with Crippen LogP contribution in [0, 0.1) is 0 Å². The van der Waals surface area contributed by atoms with Crippen molar-refractivity contribution in [2.45, 2.75) is 0 Å².